The lowest BCUT2D eigenvalue weighted by atomic mass is 9.73. The van der Waals surface area contributed by atoms with Gasteiger partial charge in [-0.3, -0.25) is 9.89 Å². The molecule has 12 nitrogen and oxygen atoms in total. The number of aromatic amines is 1. The minimum absolute atomic E-state index is 0.239. The van der Waals surface area contributed by atoms with Crippen molar-refractivity contribution in [1.29, 1.82) is 0 Å². The first-order chi connectivity index (χ1) is 20.9. The number of hydrogen-bond acceptors (Lipinski definition) is 7. The Morgan fingerprint density at radius 1 is 1.00 bits per heavy atom. The van der Waals surface area contributed by atoms with E-state index in [1.807, 2.05) is 53.7 Å². The number of carbonyl (C=O) groups excluding carboxylic acids is 2. The van der Waals surface area contributed by atoms with Crippen molar-refractivity contribution in [2.45, 2.75) is 78.7 Å². The molecule has 0 spiro atoms. The van der Waals surface area contributed by atoms with Crippen LogP contribution in [0.15, 0.2) is 42.5 Å². The number of para-hydroxylation sites is 2. The number of fused-ring (bicyclic) bond motifs is 1. The Morgan fingerprint density at radius 2 is 1.69 bits per heavy atom. The van der Waals surface area contributed by atoms with Crippen molar-refractivity contribution in [2.75, 3.05) is 11.9 Å². The fourth-order valence-corrected chi connectivity index (χ4v) is 5.52. The number of amides is 3. The molecule has 0 aliphatic heterocycles. The molecule has 14 heteroatoms. The molecule has 2 aromatic carbocycles. The summed E-state index contributed by atoms with van der Waals surface area (Å²) in [5.74, 6) is 0.849. The number of ether oxygens (including phenoxy) is 1. The summed E-state index contributed by atoms with van der Waals surface area (Å²) >= 11 is 4.48. The monoisotopic (exact) mass is 657 g/mol. The minimum Gasteiger partial charge on any atom is -0.482 e. The van der Waals surface area contributed by atoms with Gasteiger partial charge >= 0.3 is 17.3 Å². The Kier molecular flexibility index (Phi) is 9.55. The zero-order chi connectivity index (χ0) is 33.3. The largest absolute Gasteiger partial charge is 0.482 e. The van der Waals surface area contributed by atoms with Crippen LogP contribution in [0.25, 0.3) is 5.65 Å². The van der Waals surface area contributed by atoms with Crippen molar-refractivity contribution >= 4 is 46.1 Å². The highest BCUT2D eigenvalue weighted by molar-refractivity contribution is 7.79. The predicted octanol–water partition coefficient (Wildman–Crippen LogP) is 5.66. The second kappa shape index (κ2) is 12.7. The van der Waals surface area contributed by atoms with Crippen LogP contribution < -0.4 is 24.3 Å². The van der Waals surface area contributed by atoms with Gasteiger partial charge in [0, 0.05) is 16.4 Å². The third-order valence-electron chi connectivity index (χ3n) is 7.81. The molecule has 0 fully saturated rings. The van der Waals surface area contributed by atoms with E-state index >= 15 is 0 Å². The first kappa shape index (κ1) is 33.8. The summed E-state index contributed by atoms with van der Waals surface area (Å²) < 4.78 is 27.6. The van der Waals surface area contributed by atoms with Crippen LogP contribution in [-0.4, -0.2) is 48.1 Å². The lowest BCUT2D eigenvalue weighted by molar-refractivity contribution is -0.125. The second-order valence-electron chi connectivity index (χ2n) is 13.0. The average Bonchev–Trinajstić information content (AvgIpc) is 3.50. The van der Waals surface area contributed by atoms with E-state index in [4.69, 9.17) is 20.5 Å². The lowest BCUT2D eigenvalue weighted by Gasteiger charge is -2.40. The molecule has 0 aliphatic carbocycles. The molecule has 0 bridgehead atoms. The molecule has 3 amide bonds. The van der Waals surface area contributed by atoms with E-state index in [-0.39, 0.29) is 23.5 Å². The van der Waals surface area contributed by atoms with Crippen LogP contribution in [0.1, 0.15) is 71.1 Å². The van der Waals surface area contributed by atoms with E-state index in [1.165, 1.54) is 0 Å². The molecule has 242 valence electrons. The van der Waals surface area contributed by atoms with Gasteiger partial charge in [-0.25, -0.2) is 14.0 Å². The van der Waals surface area contributed by atoms with Crippen molar-refractivity contribution in [2.24, 2.45) is 0 Å². The summed E-state index contributed by atoms with van der Waals surface area (Å²) in [5.41, 5.74) is 1.57. The van der Waals surface area contributed by atoms with Crippen molar-refractivity contribution in [3.8, 4) is 11.5 Å². The third kappa shape index (κ3) is 7.42. The fourth-order valence-electron chi connectivity index (χ4n) is 4.49. The van der Waals surface area contributed by atoms with E-state index in [0.717, 1.165) is 16.8 Å². The Morgan fingerprint density at radius 3 is 2.38 bits per heavy atom. The molecule has 0 saturated carbocycles. The first-order valence-corrected chi connectivity index (χ1v) is 15.8. The third-order valence-corrected chi connectivity index (χ3v) is 8.85. The molecule has 2 heterocycles. The molecule has 0 aliphatic rings. The van der Waals surface area contributed by atoms with Gasteiger partial charge in [-0.1, -0.05) is 70.5 Å². The molecular formula is C31H40ClN7O5S. The standard InChI is InChI=1S/C31H40ClN7O5S/c1-18-14-15-19(2)22(16-18)44-45(42)38-28(41)33-20-12-10-11-13-21(20)43-17-23(40)34-31(8,9)30(6,7)27-36-35-26-24(32)25(29(3,4)5)37-39(26)27/h10-16,37H,17H2,1-9H3,(H,34,40)(H2,33,38,41). The molecule has 45 heavy (non-hydrogen) atoms. The number of carbonyl (C=O) groups is 2. The van der Waals surface area contributed by atoms with Crippen molar-refractivity contribution in [1.82, 2.24) is 29.9 Å². The normalized spacial score (nSPS) is 12.9. The van der Waals surface area contributed by atoms with Crippen LogP contribution in [0.3, 0.4) is 0 Å². The van der Waals surface area contributed by atoms with Crippen LogP contribution >= 0.6 is 11.6 Å². The SMILES string of the molecule is Cc1ccc(C)c(OS(=O)NC(=O)Nc2ccccc2OCC(=O)NC(C)(C)C(C)(C)c2nnc3c(Cl)c(C(C)(C)C)[nH]n23)c1. The molecule has 0 radical (unpaired) electrons. The maximum absolute atomic E-state index is 13.1. The van der Waals surface area contributed by atoms with Crippen molar-refractivity contribution < 1.29 is 22.7 Å². The number of hydrogen-bond donors (Lipinski definition) is 4. The van der Waals surface area contributed by atoms with Crippen molar-refractivity contribution in [3.05, 3.63) is 70.1 Å². The van der Waals surface area contributed by atoms with Gasteiger partial charge in [-0.2, -0.15) is 4.21 Å². The fraction of sp³-hybridized carbons (Fsp3) is 0.419. The Balaban J connectivity index is 1.39. The molecule has 2 aromatic heterocycles. The maximum Gasteiger partial charge on any atom is 0.333 e. The topological polar surface area (TPSA) is 152 Å². The zero-order valence-corrected chi connectivity index (χ0v) is 28.5. The molecule has 1 atom stereocenters. The van der Waals surface area contributed by atoms with Crippen LogP contribution in [0.4, 0.5) is 10.5 Å². The maximum atomic E-state index is 13.1. The summed E-state index contributed by atoms with van der Waals surface area (Å²) in [6, 6.07) is 11.3. The van der Waals surface area contributed by atoms with E-state index in [2.05, 4.69) is 51.4 Å². The van der Waals surface area contributed by atoms with E-state index < -0.39 is 34.2 Å². The lowest BCUT2D eigenvalue weighted by Crippen LogP contribution is -2.57. The Bertz CT molecular complexity index is 1760. The van der Waals surface area contributed by atoms with Crippen LogP contribution in [0, 0.1) is 13.8 Å². The average molecular weight is 658 g/mol. The molecule has 1 unspecified atom stereocenters. The highest BCUT2D eigenvalue weighted by Crippen LogP contribution is 2.37. The summed E-state index contributed by atoms with van der Waals surface area (Å²) in [6.07, 6.45) is 0. The number of nitrogens with one attached hydrogen (secondary N) is 4. The van der Waals surface area contributed by atoms with Gasteiger partial charge in [-0.15, -0.1) is 10.2 Å². The number of nitrogens with zero attached hydrogens (tertiary/aromatic N) is 3. The number of urea groups is 1. The second-order valence-corrected chi connectivity index (χ2v) is 14.2. The number of halogens is 1. The van der Waals surface area contributed by atoms with Gasteiger partial charge in [0.1, 0.15) is 16.5 Å². The van der Waals surface area contributed by atoms with Crippen LogP contribution in [-0.2, 0) is 26.9 Å². The molecule has 4 N–H and O–H groups in total. The van der Waals surface area contributed by atoms with Crippen LogP contribution in [0.2, 0.25) is 5.02 Å². The van der Waals surface area contributed by atoms with Gasteiger partial charge in [0.25, 0.3) is 5.91 Å². The summed E-state index contributed by atoms with van der Waals surface area (Å²) in [7, 11) is 0. The first-order valence-electron chi connectivity index (χ1n) is 14.3. The van der Waals surface area contributed by atoms with E-state index in [9.17, 15) is 13.8 Å². The number of rotatable bonds is 10. The van der Waals surface area contributed by atoms with E-state index in [0.29, 0.717) is 22.2 Å². The number of benzene rings is 2. The molecule has 4 aromatic rings. The van der Waals surface area contributed by atoms with Gasteiger partial charge in [0.15, 0.2) is 18.1 Å². The van der Waals surface area contributed by atoms with Crippen molar-refractivity contribution in [3.63, 3.8) is 0 Å². The van der Waals surface area contributed by atoms with Crippen LogP contribution in [0.5, 0.6) is 11.5 Å². The quantitative estimate of drug-likeness (QED) is 0.172. The minimum atomic E-state index is -2.15. The zero-order valence-electron chi connectivity index (χ0n) is 26.9. The summed E-state index contributed by atoms with van der Waals surface area (Å²) in [6.45, 7) is 17.2. The predicted molar refractivity (Wildman–Crippen MR) is 175 cm³/mol. The van der Waals surface area contributed by atoms with Gasteiger partial charge < -0.3 is 19.6 Å². The Labute approximate surface area is 270 Å². The number of H-pyrrole nitrogens is 1. The number of aryl methyl sites for hydroxylation is 2. The van der Waals surface area contributed by atoms with Gasteiger partial charge in [0.05, 0.1) is 11.4 Å². The number of aromatic nitrogens is 4. The summed E-state index contributed by atoms with van der Waals surface area (Å²) in [4.78, 5) is 25.7. The molecule has 0 saturated heterocycles. The van der Waals surface area contributed by atoms with E-state index in [1.54, 1.807) is 34.8 Å². The van der Waals surface area contributed by atoms with Gasteiger partial charge in [0.2, 0.25) is 0 Å². The summed E-state index contributed by atoms with van der Waals surface area (Å²) in [5, 5.41) is 18.2. The highest BCUT2D eigenvalue weighted by Gasteiger charge is 2.44. The molecular weight excluding hydrogens is 618 g/mol. The molecule has 4 rings (SSSR count). The Hall–Kier alpha value is -4.10. The van der Waals surface area contributed by atoms with Gasteiger partial charge in [-0.05, 0) is 57.0 Å². The number of anilines is 1. The highest BCUT2D eigenvalue weighted by atomic mass is 35.5. The smallest absolute Gasteiger partial charge is 0.333 e.